The number of rotatable bonds is 2. The van der Waals surface area contributed by atoms with E-state index in [1.807, 2.05) is 0 Å². The van der Waals surface area contributed by atoms with Crippen LogP contribution in [0.3, 0.4) is 0 Å². The molecular weight excluding hydrogens is 274 g/mol. The number of halogens is 1. The number of hydrogen-bond donors (Lipinski definition) is 1. The Labute approximate surface area is 103 Å². The summed E-state index contributed by atoms with van der Waals surface area (Å²) in [7, 11) is 2.15. The molecule has 0 bridgehead atoms. The smallest absolute Gasteiger partial charge is 0.0920 e. The third-order valence-corrected chi connectivity index (χ3v) is 4.90. The number of anilines is 1. The third kappa shape index (κ3) is 2.74. The molecule has 15 heavy (non-hydrogen) atoms. The van der Waals surface area contributed by atoms with Crippen LogP contribution >= 0.6 is 27.3 Å². The van der Waals surface area contributed by atoms with Crippen molar-refractivity contribution < 1.29 is 5.11 Å². The lowest BCUT2D eigenvalue weighted by Gasteiger charge is -2.33. The Morgan fingerprint density at radius 2 is 2.07 bits per heavy atom. The van der Waals surface area contributed by atoms with Gasteiger partial charge in [-0.3, -0.25) is 0 Å². The van der Waals surface area contributed by atoms with E-state index in [1.165, 1.54) is 5.00 Å². The van der Waals surface area contributed by atoms with Gasteiger partial charge in [0.2, 0.25) is 0 Å². The average molecular weight is 290 g/mol. The van der Waals surface area contributed by atoms with E-state index < -0.39 is 0 Å². The van der Waals surface area contributed by atoms with E-state index in [-0.39, 0.29) is 6.10 Å². The van der Waals surface area contributed by atoms with E-state index in [0.29, 0.717) is 6.04 Å². The van der Waals surface area contributed by atoms with Gasteiger partial charge in [0.1, 0.15) is 0 Å². The highest BCUT2D eigenvalue weighted by Crippen LogP contribution is 2.32. The number of thiophene rings is 1. The van der Waals surface area contributed by atoms with Gasteiger partial charge in [0.25, 0.3) is 0 Å². The first-order valence-electron chi connectivity index (χ1n) is 5.32. The first-order chi connectivity index (χ1) is 7.16. The number of hydrogen-bond acceptors (Lipinski definition) is 3. The second-order valence-electron chi connectivity index (χ2n) is 4.18. The quantitative estimate of drug-likeness (QED) is 0.903. The summed E-state index contributed by atoms with van der Waals surface area (Å²) < 4.78 is 1.16. The normalized spacial score (nSPS) is 26.6. The van der Waals surface area contributed by atoms with E-state index in [4.69, 9.17) is 0 Å². The minimum absolute atomic E-state index is 0.0651. The highest BCUT2D eigenvalue weighted by molar-refractivity contribution is 9.10. The third-order valence-electron chi connectivity index (χ3n) is 3.12. The van der Waals surface area contributed by atoms with Crippen LogP contribution in [0.4, 0.5) is 5.00 Å². The van der Waals surface area contributed by atoms with Crippen molar-refractivity contribution in [2.24, 2.45) is 0 Å². The van der Waals surface area contributed by atoms with Gasteiger partial charge in [-0.05, 0) is 47.7 Å². The summed E-state index contributed by atoms with van der Waals surface area (Å²) in [6.07, 6.45) is 4.04. The molecule has 1 aliphatic rings. The van der Waals surface area contributed by atoms with Crippen LogP contribution in [0.1, 0.15) is 25.7 Å². The molecule has 0 spiro atoms. The van der Waals surface area contributed by atoms with Crippen LogP contribution < -0.4 is 4.90 Å². The molecule has 0 unspecified atom stereocenters. The predicted molar refractivity (Wildman–Crippen MR) is 68.7 cm³/mol. The summed E-state index contributed by atoms with van der Waals surface area (Å²) in [6.45, 7) is 0. The maximum Gasteiger partial charge on any atom is 0.0920 e. The fourth-order valence-electron chi connectivity index (χ4n) is 2.11. The molecule has 1 N–H and O–H groups in total. The first kappa shape index (κ1) is 11.4. The average Bonchev–Trinajstić information content (AvgIpc) is 2.65. The molecule has 84 valence electrons. The second kappa shape index (κ2) is 4.85. The highest BCUT2D eigenvalue weighted by atomic mass is 79.9. The molecule has 0 amide bonds. The van der Waals surface area contributed by atoms with Crippen molar-refractivity contribution in [3.63, 3.8) is 0 Å². The first-order valence-corrected chi connectivity index (χ1v) is 6.99. The minimum atomic E-state index is -0.0651. The van der Waals surface area contributed by atoms with E-state index in [2.05, 4.69) is 39.3 Å². The molecule has 1 fully saturated rings. The zero-order valence-corrected chi connectivity index (χ0v) is 11.2. The molecule has 2 nitrogen and oxygen atoms in total. The van der Waals surface area contributed by atoms with Crippen LogP contribution in [0.15, 0.2) is 15.9 Å². The van der Waals surface area contributed by atoms with Gasteiger partial charge in [-0.15, -0.1) is 11.3 Å². The Hall–Kier alpha value is -0.0600. The molecule has 0 atom stereocenters. The van der Waals surface area contributed by atoms with Gasteiger partial charge < -0.3 is 10.0 Å². The fourth-order valence-corrected chi connectivity index (χ4v) is 3.57. The van der Waals surface area contributed by atoms with Crippen molar-refractivity contribution in [1.82, 2.24) is 0 Å². The van der Waals surface area contributed by atoms with Crippen LogP contribution in [-0.2, 0) is 0 Å². The number of aliphatic hydroxyl groups is 1. The predicted octanol–water partition coefficient (Wildman–Crippen LogP) is 3.25. The van der Waals surface area contributed by atoms with Gasteiger partial charge in [0.05, 0.1) is 11.1 Å². The molecule has 1 heterocycles. The summed E-state index contributed by atoms with van der Waals surface area (Å²) in [5.41, 5.74) is 0. The summed E-state index contributed by atoms with van der Waals surface area (Å²) >= 11 is 5.25. The Bertz CT molecular complexity index is 320. The van der Waals surface area contributed by atoms with Gasteiger partial charge >= 0.3 is 0 Å². The van der Waals surface area contributed by atoms with E-state index in [0.717, 1.165) is 30.2 Å². The molecule has 0 saturated heterocycles. The zero-order valence-electron chi connectivity index (χ0n) is 8.82. The van der Waals surface area contributed by atoms with Crippen LogP contribution in [0, 0.1) is 0 Å². The van der Waals surface area contributed by atoms with E-state index in [1.54, 1.807) is 11.3 Å². The molecule has 1 saturated carbocycles. The zero-order chi connectivity index (χ0) is 10.8. The van der Waals surface area contributed by atoms with Crippen molar-refractivity contribution in [2.45, 2.75) is 37.8 Å². The lowest BCUT2D eigenvalue weighted by Crippen LogP contribution is -2.35. The van der Waals surface area contributed by atoms with Crippen molar-refractivity contribution in [2.75, 3.05) is 11.9 Å². The number of aliphatic hydroxyl groups excluding tert-OH is 1. The summed E-state index contributed by atoms with van der Waals surface area (Å²) in [5, 5.41) is 12.9. The molecule has 0 aromatic carbocycles. The van der Waals surface area contributed by atoms with Gasteiger partial charge in [0, 0.05) is 22.9 Å². The van der Waals surface area contributed by atoms with Gasteiger partial charge in [-0.2, -0.15) is 0 Å². The lowest BCUT2D eigenvalue weighted by atomic mass is 9.92. The van der Waals surface area contributed by atoms with Crippen LogP contribution in [0.25, 0.3) is 0 Å². The molecule has 4 heteroatoms. The van der Waals surface area contributed by atoms with E-state index in [9.17, 15) is 5.11 Å². The monoisotopic (exact) mass is 289 g/mol. The van der Waals surface area contributed by atoms with Crippen molar-refractivity contribution in [1.29, 1.82) is 0 Å². The Balaban J connectivity index is 1.99. The van der Waals surface area contributed by atoms with Gasteiger partial charge in [-0.25, -0.2) is 0 Å². The maximum atomic E-state index is 9.46. The Kier molecular flexibility index (Phi) is 3.69. The van der Waals surface area contributed by atoms with Crippen LogP contribution in [0.5, 0.6) is 0 Å². The van der Waals surface area contributed by atoms with Crippen molar-refractivity contribution in [3.8, 4) is 0 Å². The molecular formula is C11H16BrNOS. The fraction of sp³-hybridized carbons (Fsp3) is 0.636. The summed E-state index contributed by atoms with van der Waals surface area (Å²) in [6, 6.07) is 2.76. The molecule has 0 radical (unpaired) electrons. The van der Waals surface area contributed by atoms with Crippen LogP contribution in [-0.4, -0.2) is 24.3 Å². The molecule has 1 aromatic rings. The van der Waals surface area contributed by atoms with Crippen LogP contribution in [0.2, 0.25) is 0 Å². The Morgan fingerprint density at radius 1 is 1.40 bits per heavy atom. The Morgan fingerprint density at radius 3 is 2.60 bits per heavy atom. The van der Waals surface area contributed by atoms with Crippen molar-refractivity contribution in [3.05, 3.63) is 15.9 Å². The highest BCUT2D eigenvalue weighted by Gasteiger charge is 2.23. The van der Waals surface area contributed by atoms with E-state index >= 15 is 0 Å². The second-order valence-corrected chi connectivity index (χ2v) is 5.98. The summed E-state index contributed by atoms with van der Waals surface area (Å²) in [5.74, 6) is 0. The molecule has 2 rings (SSSR count). The largest absolute Gasteiger partial charge is 0.393 e. The van der Waals surface area contributed by atoms with Crippen molar-refractivity contribution >= 4 is 32.3 Å². The number of nitrogens with zero attached hydrogens (tertiary/aromatic N) is 1. The topological polar surface area (TPSA) is 23.5 Å². The molecule has 0 aliphatic heterocycles. The van der Waals surface area contributed by atoms with Gasteiger partial charge in [0.15, 0.2) is 0 Å². The summed E-state index contributed by atoms with van der Waals surface area (Å²) in [4.78, 5) is 2.35. The maximum absolute atomic E-state index is 9.46. The van der Waals surface area contributed by atoms with Gasteiger partial charge in [-0.1, -0.05) is 0 Å². The lowest BCUT2D eigenvalue weighted by molar-refractivity contribution is 0.122. The SMILES string of the molecule is CN(c1cc(Br)cs1)C1CCC(O)CC1. The standard InChI is InChI=1S/C11H16BrNOS/c1-13(11-6-8(12)7-15-11)9-2-4-10(14)5-3-9/h6-7,9-10,14H,2-5H2,1H3. The molecule has 1 aliphatic carbocycles. The molecule has 1 aromatic heterocycles. The minimum Gasteiger partial charge on any atom is -0.393 e.